The van der Waals surface area contributed by atoms with Crippen molar-refractivity contribution in [1.29, 1.82) is 0 Å². The molecule has 0 bridgehead atoms. The number of hydrogen-bond acceptors (Lipinski definition) is 5. The smallest absolute Gasteiger partial charge is 0.318 e. The molecule has 0 radical (unpaired) electrons. The SMILES string of the molecule is NC(=NCc1ccccc1O)N1CCC(OC(=O)C2c3ccccc3Oc3ccccc32)CC1. The van der Waals surface area contributed by atoms with Gasteiger partial charge in [0.05, 0.1) is 6.54 Å². The molecular formula is C27H27N3O4. The predicted molar refractivity (Wildman–Crippen MR) is 129 cm³/mol. The lowest BCUT2D eigenvalue weighted by Gasteiger charge is -2.34. The van der Waals surface area contributed by atoms with Crippen molar-refractivity contribution in [2.75, 3.05) is 13.1 Å². The first-order valence-corrected chi connectivity index (χ1v) is 11.5. The van der Waals surface area contributed by atoms with Crippen LogP contribution >= 0.6 is 0 Å². The van der Waals surface area contributed by atoms with E-state index in [9.17, 15) is 9.90 Å². The zero-order chi connectivity index (χ0) is 23.5. The third kappa shape index (κ3) is 4.41. The zero-order valence-corrected chi connectivity index (χ0v) is 18.8. The highest BCUT2D eigenvalue weighted by atomic mass is 16.5. The van der Waals surface area contributed by atoms with Gasteiger partial charge >= 0.3 is 5.97 Å². The van der Waals surface area contributed by atoms with E-state index in [1.54, 1.807) is 12.1 Å². The summed E-state index contributed by atoms with van der Waals surface area (Å²) in [5.74, 6) is 1.24. The molecule has 0 unspecified atom stereocenters. The van der Waals surface area contributed by atoms with Gasteiger partial charge < -0.3 is 25.2 Å². The van der Waals surface area contributed by atoms with Crippen LogP contribution in [0.2, 0.25) is 0 Å². The number of ether oxygens (including phenoxy) is 2. The van der Waals surface area contributed by atoms with Gasteiger partial charge in [0, 0.05) is 42.6 Å². The Balaban J connectivity index is 1.22. The van der Waals surface area contributed by atoms with Crippen LogP contribution < -0.4 is 10.5 Å². The van der Waals surface area contributed by atoms with Gasteiger partial charge in [-0.3, -0.25) is 4.79 Å². The summed E-state index contributed by atoms with van der Waals surface area (Å²) < 4.78 is 12.0. The lowest BCUT2D eigenvalue weighted by Crippen LogP contribution is -2.45. The van der Waals surface area contributed by atoms with E-state index < -0.39 is 5.92 Å². The number of hydrogen-bond donors (Lipinski definition) is 2. The minimum Gasteiger partial charge on any atom is -0.508 e. The van der Waals surface area contributed by atoms with E-state index >= 15 is 0 Å². The van der Waals surface area contributed by atoms with Crippen LogP contribution in [0, 0.1) is 0 Å². The van der Waals surface area contributed by atoms with Crippen molar-refractivity contribution in [3.63, 3.8) is 0 Å². The van der Waals surface area contributed by atoms with Gasteiger partial charge in [0.1, 0.15) is 29.3 Å². The molecule has 0 amide bonds. The molecule has 1 saturated heterocycles. The molecule has 174 valence electrons. The first kappa shape index (κ1) is 21.8. The summed E-state index contributed by atoms with van der Waals surface area (Å²) in [6.45, 7) is 1.61. The number of esters is 1. The minimum absolute atomic E-state index is 0.183. The number of piperidine rings is 1. The number of phenolic OH excluding ortho intramolecular Hbond substituents is 1. The molecule has 5 rings (SSSR count). The number of phenols is 1. The predicted octanol–water partition coefficient (Wildman–Crippen LogP) is 4.15. The molecule has 7 heteroatoms. The molecule has 2 aliphatic rings. The van der Waals surface area contributed by atoms with Crippen LogP contribution in [0.1, 0.15) is 35.4 Å². The third-order valence-corrected chi connectivity index (χ3v) is 6.37. The largest absolute Gasteiger partial charge is 0.508 e. The van der Waals surface area contributed by atoms with E-state index in [0.717, 1.165) is 16.7 Å². The molecule has 1 fully saturated rings. The average Bonchev–Trinajstić information content (AvgIpc) is 2.87. The van der Waals surface area contributed by atoms with Crippen molar-refractivity contribution in [3.05, 3.63) is 89.5 Å². The molecule has 3 aromatic carbocycles. The molecule has 0 saturated carbocycles. The van der Waals surface area contributed by atoms with Crippen LogP contribution in [0.15, 0.2) is 77.8 Å². The maximum Gasteiger partial charge on any atom is 0.318 e. The summed E-state index contributed by atoms with van der Waals surface area (Å²) >= 11 is 0. The van der Waals surface area contributed by atoms with Crippen LogP contribution in [0.4, 0.5) is 0 Å². The number of carbonyl (C=O) groups excluding carboxylic acids is 1. The number of benzene rings is 3. The van der Waals surface area contributed by atoms with Gasteiger partial charge in [-0.15, -0.1) is 0 Å². The number of carbonyl (C=O) groups is 1. The Bertz CT molecular complexity index is 1170. The maximum atomic E-state index is 13.3. The summed E-state index contributed by atoms with van der Waals surface area (Å²) in [5.41, 5.74) is 8.56. The fourth-order valence-electron chi connectivity index (χ4n) is 4.51. The summed E-state index contributed by atoms with van der Waals surface area (Å²) in [6, 6.07) is 22.3. The molecule has 3 N–H and O–H groups in total. The summed E-state index contributed by atoms with van der Waals surface area (Å²) in [7, 11) is 0. The van der Waals surface area contributed by atoms with E-state index in [2.05, 4.69) is 4.99 Å². The van der Waals surface area contributed by atoms with E-state index in [0.29, 0.717) is 49.9 Å². The first-order valence-electron chi connectivity index (χ1n) is 11.5. The number of para-hydroxylation sites is 3. The number of aliphatic imine (C=N–C) groups is 1. The Morgan fingerprint density at radius 3 is 2.21 bits per heavy atom. The Morgan fingerprint density at radius 1 is 0.971 bits per heavy atom. The van der Waals surface area contributed by atoms with Crippen molar-refractivity contribution in [1.82, 2.24) is 4.90 Å². The van der Waals surface area contributed by atoms with E-state index in [1.165, 1.54) is 0 Å². The number of nitrogens with two attached hydrogens (primary N) is 1. The zero-order valence-electron chi connectivity index (χ0n) is 18.8. The minimum atomic E-state index is -0.510. The molecule has 0 spiro atoms. The Kier molecular flexibility index (Phi) is 6.08. The van der Waals surface area contributed by atoms with Crippen LogP contribution in [0.25, 0.3) is 0 Å². The number of fused-ring (bicyclic) bond motifs is 2. The number of rotatable bonds is 4. The van der Waals surface area contributed by atoms with Gasteiger partial charge in [-0.05, 0) is 18.2 Å². The molecule has 3 aromatic rings. The number of nitrogens with zero attached hydrogens (tertiary/aromatic N) is 2. The molecule has 0 aliphatic carbocycles. The lowest BCUT2D eigenvalue weighted by molar-refractivity contribution is -0.151. The Morgan fingerprint density at radius 2 is 1.56 bits per heavy atom. The maximum absolute atomic E-state index is 13.3. The lowest BCUT2D eigenvalue weighted by atomic mass is 9.88. The van der Waals surface area contributed by atoms with Crippen molar-refractivity contribution in [2.45, 2.75) is 31.4 Å². The average molecular weight is 458 g/mol. The highest BCUT2D eigenvalue weighted by molar-refractivity contribution is 5.85. The Labute approximate surface area is 198 Å². The van der Waals surface area contributed by atoms with Crippen LogP contribution in [-0.4, -0.2) is 41.1 Å². The highest BCUT2D eigenvalue weighted by Gasteiger charge is 2.35. The molecule has 7 nitrogen and oxygen atoms in total. The van der Waals surface area contributed by atoms with Gasteiger partial charge in [-0.1, -0.05) is 54.6 Å². The summed E-state index contributed by atoms with van der Waals surface area (Å²) in [5, 5.41) is 9.90. The first-order chi connectivity index (χ1) is 16.6. The second-order valence-corrected chi connectivity index (χ2v) is 8.54. The van der Waals surface area contributed by atoms with Crippen LogP contribution in [0.5, 0.6) is 17.2 Å². The number of guanidine groups is 1. The van der Waals surface area contributed by atoms with Crippen molar-refractivity contribution >= 4 is 11.9 Å². The normalized spacial score (nSPS) is 16.4. The second-order valence-electron chi connectivity index (χ2n) is 8.54. The number of aromatic hydroxyl groups is 1. The molecular weight excluding hydrogens is 430 g/mol. The summed E-state index contributed by atoms with van der Waals surface area (Å²) in [4.78, 5) is 19.8. The second kappa shape index (κ2) is 9.47. The topological polar surface area (TPSA) is 97.4 Å². The third-order valence-electron chi connectivity index (χ3n) is 6.37. The van der Waals surface area contributed by atoms with Crippen LogP contribution in [-0.2, 0) is 16.1 Å². The van der Waals surface area contributed by atoms with E-state index in [1.807, 2.05) is 65.6 Å². The monoisotopic (exact) mass is 457 g/mol. The van der Waals surface area contributed by atoms with Gasteiger partial charge in [-0.25, -0.2) is 4.99 Å². The van der Waals surface area contributed by atoms with Gasteiger partial charge in [0.15, 0.2) is 5.96 Å². The van der Waals surface area contributed by atoms with Gasteiger partial charge in [-0.2, -0.15) is 0 Å². The fourth-order valence-corrected chi connectivity index (χ4v) is 4.51. The van der Waals surface area contributed by atoms with Gasteiger partial charge in [0.25, 0.3) is 0 Å². The number of likely N-dealkylation sites (tertiary alicyclic amines) is 1. The van der Waals surface area contributed by atoms with Crippen molar-refractivity contribution in [3.8, 4) is 17.2 Å². The Hall–Kier alpha value is -4.00. The van der Waals surface area contributed by atoms with Gasteiger partial charge in [0.2, 0.25) is 0 Å². The standard InChI is InChI=1S/C27H27N3O4/c28-27(29-17-18-7-1-4-10-22(18)31)30-15-13-19(14-16-30)33-26(32)25-20-8-2-5-11-23(20)34-24-12-6-3-9-21(24)25/h1-12,19,25,31H,13-17H2,(H2,28,29). The molecule has 0 aromatic heterocycles. The van der Waals surface area contributed by atoms with E-state index in [4.69, 9.17) is 15.2 Å². The van der Waals surface area contributed by atoms with Crippen molar-refractivity contribution in [2.24, 2.45) is 10.7 Å². The molecule has 2 aliphatic heterocycles. The summed E-state index contributed by atoms with van der Waals surface area (Å²) in [6.07, 6.45) is 1.16. The van der Waals surface area contributed by atoms with E-state index in [-0.39, 0.29) is 17.8 Å². The van der Waals surface area contributed by atoms with Crippen molar-refractivity contribution < 1.29 is 19.4 Å². The van der Waals surface area contributed by atoms with Crippen LogP contribution in [0.3, 0.4) is 0 Å². The molecule has 2 heterocycles. The quantitative estimate of drug-likeness (QED) is 0.347. The molecule has 34 heavy (non-hydrogen) atoms. The highest BCUT2D eigenvalue weighted by Crippen LogP contribution is 2.44. The molecule has 0 atom stereocenters. The fraction of sp³-hybridized carbons (Fsp3) is 0.259.